The van der Waals surface area contributed by atoms with Crippen molar-refractivity contribution in [2.45, 2.75) is 0 Å². The van der Waals surface area contributed by atoms with E-state index in [1.54, 1.807) is 23.7 Å². The molecule has 0 atom stereocenters. The third kappa shape index (κ3) is 1.36. The summed E-state index contributed by atoms with van der Waals surface area (Å²) in [5, 5.41) is 19.2. The van der Waals surface area contributed by atoms with Crippen LogP contribution in [0.1, 0.15) is 10.5 Å². The van der Waals surface area contributed by atoms with Gasteiger partial charge in [-0.2, -0.15) is 0 Å². The first-order valence-electron chi connectivity index (χ1n) is 4.55. The summed E-state index contributed by atoms with van der Waals surface area (Å²) in [6.45, 7) is 0. The van der Waals surface area contributed by atoms with Gasteiger partial charge < -0.3 is 14.6 Å². The van der Waals surface area contributed by atoms with Crippen LogP contribution < -0.4 is 5.46 Å². The van der Waals surface area contributed by atoms with Crippen LogP contribution in [0.3, 0.4) is 0 Å². The molecule has 1 heterocycles. The first kappa shape index (κ1) is 9.95. The fraction of sp³-hybridized carbons (Fsp3) is 0.100. The summed E-state index contributed by atoms with van der Waals surface area (Å²) in [7, 11) is 0.0918. The zero-order valence-corrected chi connectivity index (χ0v) is 8.21. The van der Waals surface area contributed by atoms with E-state index < -0.39 is 7.12 Å². The molecular weight excluding hydrogens is 193 g/mol. The van der Waals surface area contributed by atoms with Crippen molar-refractivity contribution in [3.05, 3.63) is 30.0 Å². The summed E-state index contributed by atoms with van der Waals surface area (Å²) in [5.74, 6) is 0. The molecule has 0 unspecified atom stereocenters. The summed E-state index contributed by atoms with van der Waals surface area (Å²) in [6.07, 6.45) is 0.634. The van der Waals surface area contributed by atoms with Crippen LogP contribution in [0.5, 0.6) is 0 Å². The van der Waals surface area contributed by atoms with Gasteiger partial charge in [0.1, 0.15) is 0 Å². The van der Waals surface area contributed by atoms with Crippen LogP contribution in [-0.4, -0.2) is 28.0 Å². The highest BCUT2D eigenvalue weighted by Gasteiger charge is 2.23. The Kier molecular flexibility index (Phi) is 2.34. The Morgan fingerprint density at radius 2 is 2.00 bits per heavy atom. The van der Waals surface area contributed by atoms with Gasteiger partial charge in [0.05, 0.1) is 5.69 Å². The van der Waals surface area contributed by atoms with Crippen LogP contribution in [0.4, 0.5) is 0 Å². The van der Waals surface area contributed by atoms with Gasteiger partial charge in [0.2, 0.25) is 0 Å². The number of hydrogen-bond donors (Lipinski definition) is 2. The number of hydrogen-bond acceptors (Lipinski definition) is 3. The average Bonchev–Trinajstić information content (AvgIpc) is 2.52. The maximum atomic E-state index is 10.9. The first-order valence-corrected chi connectivity index (χ1v) is 4.55. The van der Waals surface area contributed by atoms with Gasteiger partial charge in [-0.25, -0.2) is 0 Å². The van der Waals surface area contributed by atoms with Crippen molar-refractivity contribution >= 4 is 29.8 Å². The number of aromatic nitrogens is 1. The van der Waals surface area contributed by atoms with Crippen LogP contribution >= 0.6 is 0 Å². The molecule has 0 saturated heterocycles. The summed E-state index contributed by atoms with van der Waals surface area (Å²) in [5.41, 5.74) is 1.37. The van der Waals surface area contributed by atoms with Crippen molar-refractivity contribution in [2.75, 3.05) is 0 Å². The third-order valence-corrected chi connectivity index (χ3v) is 2.56. The van der Waals surface area contributed by atoms with E-state index in [4.69, 9.17) is 0 Å². The molecule has 76 valence electrons. The van der Waals surface area contributed by atoms with Gasteiger partial charge in [0.15, 0.2) is 6.29 Å². The normalized spacial score (nSPS) is 10.6. The number of carbonyl (C=O) groups is 1. The summed E-state index contributed by atoms with van der Waals surface area (Å²) < 4.78 is 1.65. The van der Waals surface area contributed by atoms with Crippen LogP contribution in [0.25, 0.3) is 10.9 Å². The quantitative estimate of drug-likeness (QED) is 0.518. The van der Waals surface area contributed by atoms with Gasteiger partial charge in [-0.15, -0.1) is 0 Å². The smallest absolute Gasteiger partial charge is 0.423 e. The number of aryl methyl sites for hydroxylation is 1. The average molecular weight is 203 g/mol. The molecule has 0 saturated carbocycles. The molecule has 0 amide bonds. The van der Waals surface area contributed by atoms with E-state index >= 15 is 0 Å². The third-order valence-electron chi connectivity index (χ3n) is 2.56. The standard InChI is InChI=1S/C10H10BNO3/c1-12-8-5-3-2-4-7(8)10(11(14)15)9(12)6-13/h2-6,14-15H,1H3. The number of benzene rings is 1. The predicted molar refractivity (Wildman–Crippen MR) is 58.1 cm³/mol. The number of para-hydroxylation sites is 1. The molecule has 2 rings (SSSR count). The highest BCUT2D eigenvalue weighted by atomic mass is 16.4. The van der Waals surface area contributed by atoms with Crippen molar-refractivity contribution in [2.24, 2.45) is 7.05 Å². The molecule has 0 aliphatic carbocycles. The van der Waals surface area contributed by atoms with E-state index in [1.807, 2.05) is 12.1 Å². The molecular formula is C10H10BNO3. The molecule has 4 nitrogen and oxygen atoms in total. The monoisotopic (exact) mass is 203 g/mol. The Balaban J connectivity index is 2.91. The van der Waals surface area contributed by atoms with E-state index in [1.165, 1.54) is 0 Å². The SMILES string of the molecule is Cn1c(C=O)c(B(O)O)c2ccccc21. The maximum absolute atomic E-state index is 10.9. The largest absolute Gasteiger partial charge is 0.491 e. The summed E-state index contributed by atoms with van der Waals surface area (Å²) in [6, 6.07) is 7.22. The Hall–Kier alpha value is -1.59. The van der Waals surface area contributed by atoms with Crippen molar-refractivity contribution in [1.29, 1.82) is 0 Å². The fourth-order valence-corrected chi connectivity index (χ4v) is 1.86. The second-order valence-corrected chi connectivity index (χ2v) is 3.37. The van der Waals surface area contributed by atoms with E-state index in [0.717, 1.165) is 5.52 Å². The topological polar surface area (TPSA) is 62.5 Å². The summed E-state index contributed by atoms with van der Waals surface area (Å²) >= 11 is 0. The molecule has 0 bridgehead atoms. The molecule has 0 aliphatic rings. The van der Waals surface area contributed by atoms with Crippen molar-refractivity contribution in [1.82, 2.24) is 4.57 Å². The van der Waals surface area contributed by atoms with E-state index in [0.29, 0.717) is 17.4 Å². The first-order chi connectivity index (χ1) is 7.16. The van der Waals surface area contributed by atoms with Crippen molar-refractivity contribution in [3.8, 4) is 0 Å². The van der Waals surface area contributed by atoms with E-state index in [2.05, 4.69) is 0 Å². The van der Waals surface area contributed by atoms with Gasteiger partial charge in [0.25, 0.3) is 0 Å². The number of fused-ring (bicyclic) bond motifs is 1. The van der Waals surface area contributed by atoms with E-state index in [-0.39, 0.29) is 5.46 Å². The Morgan fingerprint density at radius 1 is 1.33 bits per heavy atom. The second-order valence-electron chi connectivity index (χ2n) is 3.37. The molecule has 5 heteroatoms. The Bertz CT molecular complexity index is 519. The lowest BCUT2D eigenvalue weighted by atomic mass is 9.78. The number of carbonyl (C=O) groups excluding carboxylic acids is 1. The zero-order valence-electron chi connectivity index (χ0n) is 8.21. The molecule has 0 radical (unpaired) electrons. The maximum Gasteiger partial charge on any atom is 0.491 e. The molecule has 0 spiro atoms. The predicted octanol–water partition coefficient (Wildman–Crippen LogP) is -0.329. The Labute approximate surface area is 86.9 Å². The Morgan fingerprint density at radius 3 is 2.60 bits per heavy atom. The second kappa shape index (κ2) is 3.53. The van der Waals surface area contributed by atoms with Crippen molar-refractivity contribution in [3.63, 3.8) is 0 Å². The molecule has 15 heavy (non-hydrogen) atoms. The number of rotatable bonds is 2. The van der Waals surface area contributed by atoms with E-state index in [9.17, 15) is 14.8 Å². The molecule has 2 N–H and O–H groups in total. The number of aldehydes is 1. The fourth-order valence-electron chi connectivity index (χ4n) is 1.86. The van der Waals surface area contributed by atoms with Crippen LogP contribution in [0, 0.1) is 0 Å². The highest BCUT2D eigenvalue weighted by Crippen LogP contribution is 2.15. The van der Waals surface area contributed by atoms with Crippen LogP contribution in [0.15, 0.2) is 24.3 Å². The van der Waals surface area contributed by atoms with Gasteiger partial charge in [-0.1, -0.05) is 18.2 Å². The lowest BCUT2D eigenvalue weighted by molar-refractivity contribution is 0.111. The number of nitrogens with zero attached hydrogens (tertiary/aromatic N) is 1. The minimum Gasteiger partial charge on any atom is -0.423 e. The molecule has 1 aromatic heterocycles. The lowest BCUT2D eigenvalue weighted by Crippen LogP contribution is -2.32. The highest BCUT2D eigenvalue weighted by molar-refractivity contribution is 6.63. The molecule has 0 fully saturated rings. The van der Waals surface area contributed by atoms with Crippen LogP contribution in [0.2, 0.25) is 0 Å². The zero-order chi connectivity index (χ0) is 11.0. The minimum atomic E-state index is -1.63. The lowest BCUT2D eigenvalue weighted by Gasteiger charge is -1.98. The van der Waals surface area contributed by atoms with Gasteiger partial charge in [0, 0.05) is 23.4 Å². The summed E-state index contributed by atoms with van der Waals surface area (Å²) in [4.78, 5) is 10.9. The van der Waals surface area contributed by atoms with Gasteiger partial charge in [-0.3, -0.25) is 4.79 Å². The minimum absolute atomic E-state index is 0.267. The van der Waals surface area contributed by atoms with Gasteiger partial charge >= 0.3 is 7.12 Å². The van der Waals surface area contributed by atoms with Crippen LogP contribution in [-0.2, 0) is 7.05 Å². The van der Waals surface area contributed by atoms with Crippen molar-refractivity contribution < 1.29 is 14.8 Å². The molecule has 1 aromatic carbocycles. The molecule has 2 aromatic rings. The van der Waals surface area contributed by atoms with Gasteiger partial charge in [-0.05, 0) is 6.07 Å². The molecule has 0 aliphatic heterocycles.